The number of nitrogens with one attached hydrogen (secondary N) is 1. The molecule has 1 aliphatic heterocycles. The van der Waals surface area contributed by atoms with Gasteiger partial charge in [-0.15, -0.1) is 0 Å². The molecule has 1 aliphatic rings. The minimum absolute atomic E-state index is 0.0454. The molecule has 0 unspecified atom stereocenters. The van der Waals surface area contributed by atoms with Gasteiger partial charge in [-0.05, 0) is 43.7 Å². The normalized spacial score (nSPS) is 15.7. The van der Waals surface area contributed by atoms with Crippen LogP contribution in [0.2, 0.25) is 0 Å². The number of rotatable bonds is 8. The van der Waals surface area contributed by atoms with E-state index in [0.29, 0.717) is 13.1 Å². The summed E-state index contributed by atoms with van der Waals surface area (Å²) in [6.45, 7) is 8.94. The van der Waals surface area contributed by atoms with Gasteiger partial charge in [0.05, 0.1) is 6.54 Å². The van der Waals surface area contributed by atoms with Crippen molar-refractivity contribution in [2.24, 2.45) is 5.92 Å². The number of aromatic amines is 1. The smallest absolute Gasteiger partial charge is 0.330 e. The third kappa shape index (κ3) is 4.89. The molecule has 0 aliphatic carbocycles. The van der Waals surface area contributed by atoms with E-state index in [-0.39, 0.29) is 35.9 Å². The maximum atomic E-state index is 13.6. The first kappa shape index (κ1) is 23.6. The van der Waals surface area contributed by atoms with Gasteiger partial charge in [0.2, 0.25) is 5.91 Å². The fourth-order valence-electron chi connectivity index (χ4n) is 4.29. The molecule has 0 saturated heterocycles. The summed E-state index contributed by atoms with van der Waals surface area (Å²) in [6, 6.07) is 8.33. The molecule has 3 rings (SSSR count). The van der Waals surface area contributed by atoms with Gasteiger partial charge in [0.1, 0.15) is 5.82 Å². The monoisotopic (exact) mass is 441 g/mol. The largest absolute Gasteiger partial charge is 0.383 e. The third-order valence-electron chi connectivity index (χ3n) is 6.04. The molecule has 8 heteroatoms. The first-order valence-corrected chi connectivity index (χ1v) is 11.5. The molecule has 174 valence electrons. The number of H-pyrrole nitrogens is 1. The number of aryl methyl sites for hydroxylation is 1. The fraction of sp³-hybridized carbons (Fsp3) is 0.542. The number of hydrogen-bond donors (Lipinski definition) is 2. The van der Waals surface area contributed by atoms with Crippen LogP contribution in [0, 0.1) is 5.92 Å². The average molecular weight is 442 g/mol. The number of hydrogen-bond acceptors (Lipinski definition) is 5. The lowest BCUT2D eigenvalue weighted by Crippen LogP contribution is -2.48. The molecule has 0 bridgehead atoms. The second-order valence-electron chi connectivity index (χ2n) is 9.04. The lowest BCUT2D eigenvalue weighted by molar-refractivity contribution is -0.117. The van der Waals surface area contributed by atoms with Crippen molar-refractivity contribution in [1.82, 2.24) is 9.55 Å². The Hall–Kier alpha value is -3.03. The quantitative estimate of drug-likeness (QED) is 0.655. The molecule has 2 heterocycles. The molecule has 1 atom stereocenters. The first-order chi connectivity index (χ1) is 15.2. The first-order valence-electron chi connectivity index (χ1n) is 11.5. The Morgan fingerprint density at radius 1 is 1.28 bits per heavy atom. The highest BCUT2D eigenvalue weighted by Gasteiger charge is 2.29. The lowest BCUT2D eigenvalue weighted by Gasteiger charge is -2.38. The van der Waals surface area contributed by atoms with Crippen LogP contribution in [-0.2, 0) is 17.8 Å². The summed E-state index contributed by atoms with van der Waals surface area (Å²) in [5.74, 6) is -0.00260. The number of nitrogens with zero attached hydrogens (tertiary/aromatic N) is 3. The molecule has 1 aromatic carbocycles. The molecule has 1 aromatic heterocycles. The molecule has 0 spiro atoms. The van der Waals surface area contributed by atoms with Crippen LogP contribution >= 0.6 is 0 Å². The van der Waals surface area contributed by atoms with E-state index >= 15 is 0 Å². The van der Waals surface area contributed by atoms with Gasteiger partial charge in [0, 0.05) is 24.8 Å². The van der Waals surface area contributed by atoms with Crippen LogP contribution < -0.4 is 26.8 Å². The number of carbonyl (C=O) groups is 1. The number of fused-ring (bicyclic) bond motifs is 1. The summed E-state index contributed by atoms with van der Waals surface area (Å²) < 4.78 is 1.35. The third-order valence-corrected chi connectivity index (χ3v) is 6.04. The Labute approximate surface area is 189 Å². The van der Waals surface area contributed by atoms with Crippen LogP contribution in [-0.4, -0.2) is 34.6 Å². The minimum Gasteiger partial charge on any atom is -0.383 e. The van der Waals surface area contributed by atoms with Gasteiger partial charge in [-0.3, -0.25) is 19.1 Å². The van der Waals surface area contributed by atoms with E-state index in [0.717, 1.165) is 31.4 Å². The van der Waals surface area contributed by atoms with Gasteiger partial charge >= 0.3 is 5.69 Å². The summed E-state index contributed by atoms with van der Waals surface area (Å²) in [5.41, 5.74) is 7.50. The summed E-state index contributed by atoms with van der Waals surface area (Å²) in [5, 5.41) is 0. The number of amides is 1. The van der Waals surface area contributed by atoms with Gasteiger partial charge in [-0.1, -0.05) is 45.4 Å². The van der Waals surface area contributed by atoms with E-state index in [2.05, 4.69) is 22.9 Å². The van der Waals surface area contributed by atoms with Crippen LogP contribution in [0.4, 0.5) is 17.2 Å². The Morgan fingerprint density at radius 2 is 2.00 bits per heavy atom. The molecular weight excluding hydrogens is 406 g/mol. The Morgan fingerprint density at radius 3 is 2.69 bits per heavy atom. The molecule has 1 amide bonds. The number of benzene rings is 1. The second-order valence-corrected chi connectivity index (χ2v) is 9.04. The van der Waals surface area contributed by atoms with Crippen LogP contribution in [0.3, 0.4) is 0 Å². The van der Waals surface area contributed by atoms with Crippen molar-refractivity contribution in [3.63, 3.8) is 0 Å². The van der Waals surface area contributed by atoms with Crippen molar-refractivity contribution in [3.05, 3.63) is 50.7 Å². The molecule has 0 saturated carbocycles. The highest BCUT2D eigenvalue weighted by atomic mass is 16.2. The van der Waals surface area contributed by atoms with Crippen LogP contribution in [0.5, 0.6) is 0 Å². The predicted octanol–water partition coefficient (Wildman–Crippen LogP) is 2.75. The van der Waals surface area contributed by atoms with E-state index in [4.69, 9.17) is 5.73 Å². The van der Waals surface area contributed by atoms with Crippen molar-refractivity contribution in [2.75, 3.05) is 28.6 Å². The number of nitrogen functional groups attached to an aromatic ring is 1. The van der Waals surface area contributed by atoms with Crippen molar-refractivity contribution >= 4 is 23.1 Å². The van der Waals surface area contributed by atoms with Gasteiger partial charge in [-0.2, -0.15) is 0 Å². The number of aromatic nitrogens is 2. The zero-order chi connectivity index (χ0) is 23.4. The van der Waals surface area contributed by atoms with Crippen LogP contribution in [0.1, 0.15) is 52.5 Å². The average Bonchev–Trinajstić information content (AvgIpc) is 2.75. The highest BCUT2D eigenvalue weighted by Crippen LogP contribution is 2.30. The molecule has 3 N–H and O–H groups in total. The zero-order valence-corrected chi connectivity index (χ0v) is 19.6. The van der Waals surface area contributed by atoms with Gasteiger partial charge in [-0.25, -0.2) is 4.79 Å². The maximum absolute atomic E-state index is 13.6. The van der Waals surface area contributed by atoms with Crippen LogP contribution in [0.15, 0.2) is 33.9 Å². The number of anilines is 3. The molecule has 32 heavy (non-hydrogen) atoms. The molecular formula is C24H35N5O3. The van der Waals surface area contributed by atoms with Gasteiger partial charge in [0.25, 0.3) is 5.56 Å². The predicted molar refractivity (Wildman–Crippen MR) is 129 cm³/mol. The number of para-hydroxylation sites is 1. The molecule has 0 fully saturated rings. The van der Waals surface area contributed by atoms with E-state index < -0.39 is 11.2 Å². The van der Waals surface area contributed by atoms with E-state index in [9.17, 15) is 14.4 Å². The summed E-state index contributed by atoms with van der Waals surface area (Å²) in [4.78, 5) is 44.7. The standard InChI is InChI=1S/C24H35N5O3/c1-5-6-13-27(21-22(25)29(14-16(2)3)24(32)26-23(21)31)20(30)15-28-17(4)11-12-18-9-7-8-10-19(18)28/h7-10,16-17H,5-6,11-15,25H2,1-4H3,(H,26,31,32)/t17-/m0/s1. The molecule has 8 nitrogen and oxygen atoms in total. The maximum Gasteiger partial charge on any atom is 0.330 e. The highest BCUT2D eigenvalue weighted by molar-refractivity contribution is 5.98. The Bertz CT molecular complexity index is 1070. The topological polar surface area (TPSA) is 104 Å². The van der Waals surface area contributed by atoms with Gasteiger partial charge < -0.3 is 15.5 Å². The van der Waals surface area contributed by atoms with E-state index in [1.54, 1.807) is 0 Å². The zero-order valence-electron chi connectivity index (χ0n) is 19.6. The fourth-order valence-corrected chi connectivity index (χ4v) is 4.29. The van der Waals surface area contributed by atoms with Crippen LogP contribution in [0.25, 0.3) is 0 Å². The van der Waals surface area contributed by atoms with E-state index in [1.807, 2.05) is 39.0 Å². The van der Waals surface area contributed by atoms with Crippen molar-refractivity contribution in [2.45, 2.75) is 66.0 Å². The van der Waals surface area contributed by atoms with Crippen molar-refractivity contribution in [1.29, 1.82) is 0 Å². The summed E-state index contributed by atoms with van der Waals surface area (Å²) >= 11 is 0. The minimum atomic E-state index is -0.621. The van der Waals surface area contributed by atoms with Crippen molar-refractivity contribution < 1.29 is 4.79 Å². The van der Waals surface area contributed by atoms with Gasteiger partial charge in [0.15, 0.2) is 5.69 Å². The molecule has 2 aromatic rings. The SMILES string of the molecule is CCCCN(C(=O)CN1c2ccccc2CC[C@@H]1C)c1c(N)n(CC(C)C)c(=O)[nH]c1=O. The number of carbonyl (C=O) groups excluding carboxylic acids is 1. The second kappa shape index (κ2) is 10.1. The summed E-state index contributed by atoms with van der Waals surface area (Å²) in [7, 11) is 0. The molecule has 0 radical (unpaired) electrons. The Balaban J connectivity index is 2.00. The lowest BCUT2D eigenvalue weighted by atomic mass is 9.96. The summed E-state index contributed by atoms with van der Waals surface area (Å²) in [6.07, 6.45) is 3.52. The van der Waals surface area contributed by atoms with E-state index in [1.165, 1.54) is 15.0 Å². The number of unbranched alkanes of at least 4 members (excludes halogenated alkanes) is 1. The van der Waals surface area contributed by atoms with Crippen molar-refractivity contribution in [3.8, 4) is 0 Å². The number of nitrogens with two attached hydrogens (primary N) is 1. The Kier molecular flexibility index (Phi) is 7.43.